The SMILES string of the molecule is COc1ccc(Oc2cccc(Br)c2)cc1C. The quantitative estimate of drug-likeness (QED) is 0.826. The summed E-state index contributed by atoms with van der Waals surface area (Å²) in [5.74, 6) is 2.48. The van der Waals surface area contributed by atoms with Crippen molar-refractivity contribution in [3.8, 4) is 17.2 Å². The van der Waals surface area contributed by atoms with Crippen LogP contribution in [-0.4, -0.2) is 7.11 Å². The summed E-state index contributed by atoms with van der Waals surface area (Å²) in [5, 5.41) is 0. The predicted octanol–water partition coefficient (Wildman–Crippen LogP) is 4.56. The molecule has 0 bridgehead atoms. The van der Waals surface area contributed by atoms with E-state index in [0.29, 0.717) is 0 Å². The van der Waals surface area contributed by atoms with Crippen LogP contribution in [0.4, 0.5) is 0 Å². The van der Waals surface area contributed by atoms with E-state index in [2.05, 4.69) is 15.9 Å². The van der Waals surface area contributed by atoms with E-state index in [1.54, 1.807) is 7.11 Å². The van der Waals surface area contributed by atoms with Gasteiger partial charge in [-0.25, -0.2) is 0 Å². The van der Waals surface area contributed by atoms with Gasteiger partial charge in [0.25, 0.3) is 0 Å². The van der Waals surface area contributed by atoms with E-state index in [1.807, 2.05) is 49.4 Å². The molecule has 0 aliphatic rings. The third-order valence-electron chi connectivity index (χ3n) is 2.40. The predicted molar refractivity (Wildman–Crippen MR) is 71.9 cm³/mol. The number of hydrogen-bond acceptors (Lipinski definition) is 2. The Balaban J connectivity index is 2.22. The number of rotatable bonds is 3. The van der Waals surface area contributed by atoms with Crippen LogP contribution in [0.5, 0.6) is 17.2 Å². The number of hydrogen-bond donors (Lipinski definition) is 0. The third-order valence-corrected chi connectivity index (χ3v) is 2.89. The molecule has 0 aromatic heterocycles. The third kappa shape index (κ3) is 3.01. The summed E-state index contributed by atoms with van der Waals surface area (Å²) in [4.78, 5) is 0. The summed E-state index contributed by atoms with van der Waals surface area (Å²) in [6.45, 7) is 1.99. The summed E-state index contributed by atoms with van der Waals surface area (Å²) in [6, 6.07) is 13.5. The van der Waals surface area contributed by atoms with Crippen LogP contribution in [0.3, 0.4) is 0 Å². The zero-order valence-corrected chi connectivity index (χ0v) is 11.3. The largest absolute Gasteiger partial charge is 0.496 e. The van der Waals surface area contributed by atoms with Gasteiger partial charge in [-0.05, 0) is 48.9 Å². The lowest BCUT2D eigenvalue weighted by Gasteiger charge is -2.09. The molecule has 0 fully saturated rings. The molecule has 0 unspecified atom stereocenters. The maximum Gasteiger partial charge on any atom is 0.128 e. The minimum atomic E-state index is 0.807. The van der Waals surface area contributed by atoms with Gasteiger partial charge in [0.15, 0.2) is 0 Å². The summed E-state index contributed by atoms with van der Waals surface area (Å²) < 4.78 is 12.0. The Hall–Kier alpha value is -1.48. The van der Waals surface area contributed by atoms with Gasteiger partial charge in [0.05, 0.1) is 7.11 Å². The van der Waals surface area contributed by atoms with Crippen LogP contribution >= 0.6 is 15.9 Å². The molecule has 0 heterocycles. The number of ether oxygens (including phenoxy) is 2. The van der Waals surface area contributed by atoms with E-state index in [4.69, 9.17) is 9.47 Å². The van der Waals surface area contributed by atoms with Gasteiger partial charge in [0.2, 0.25) is 0 Å². The first kappa shape index (κ1) is 12.0. The second kappa shape index (κ2) is 5.23. The van der Waals surface area contributed by atoms with E-state index < -0.39 is 0 Å². The van der Waals surface area contributed by atoms with Crippen LogP contribution in [0.2, 0.25) is 0 Å². The molecule has 0 saturated heterocycles. The minimum absolute atomic E-state index is 0.807. The van der Waals surface area contributed by atoms with Crippen molar-refractivity contribution in [3.05, 3.63) is 52.5 Å². The number of aryl methyl sites for hydroxylation is 1. The molecular weight excluding hydrogens is 280 g/mol. The minimum Gasteiger partial charge on any atom is -0.496 e. The Morgan fingerprint density at radius 1 is 1.00 bits per heavy atom. The van der Waals surface area contributed by atoms with Crippen LogP contribution in [-0.2, 0) is 0 Å². The summed E-state index contributed by atoms with van der Waals surface area (Å²) in [6.07, 6.45) is 0. The first-order valence-corrected chi connectivity index (χ1v) is 6.06. The van der Waals surface area contributed by atoms with Crippen LogP contribution in [0, 0.1) is 6.92 Å². The molecule has 0 radical (unpaired) electrons. The fraction of sp³-hybridized carbons (Fsp3) is 0.143. The van der Waals surface area contributed by atoms with Crippen LogP contribution < -0.4 is 9.47 Å². The summed E-state index contributed by atoms with van der Waals surface area (Å²) >= 11 is 3.41. The van der Waals surface area contributed by atoms with E-state index >= 15 is 0 Å². The molecule has 0 aliphatic heterocycles. The lowest BCUT2D eigenvalue weighted by atomic mass is 10.2. The van der Waals surface area contributed by atoms with Crippen LogP contribution in [0.25, 0.3) is 0 Å². The van der Waals surface area contributed by atoms with Gasteiger partial charge < -0.3 is 9.47 Å². The molecule has 3 heteroatoms. The smallest absolute Gasteiger partial charge is 0.128 e. The van der Waals surface area contributed by atoms with Crippen molar-refractivity contribution in [2.75, 3.05) is 7.11 Å². The van der Waals surface area contributed by atoms with Crippen molar-refractivity contribution >= 4 is 15.9 Å². The van der Waals surface area contributed by atoms with Gasteiger partial charge in [0, 0.05) is 4.47 Å². The van der Waals surface area contributed by atoms with Crippen molar-refractivity contribution in [3.63, 3.8) is 0 Å². The maximum absolute atomic E-state index is 5.75. The van der Waals surface area contributed by atoms with Gasteiger partial charge in [-0.2, -0.15) is 0 Å². The first-order valence-electron chi connectivity index (χ1n) is 5.27. The summed E-state index contributed by atoms with van der Waals surface area (Å²) in [5.41, 5.74) is 1.06. The number of halogens is 1. The molecule has 0 saturated carbocycles. The lowest BCUT2D eigenvalue weighted by molar-refractivity contribution is 0.409. The molecular formula is C14H13BrO2. The van der Waals surface area contributed by atoms with Gasteiger partial charge >= 0.3 is 0 Å². The highest BCUT2D eigenvalue weighted by molar-refractivity contribution is 9.10. The molecule has 88 valence electrons. The maximum atomic E-state index is 5.75. The molecule has 0 spiro atoms. The van der Waals surface area contributed by atoms with Gasteiger partial charge in [-0.15, -0.1) is 0 Å². The van der Waals surface area contributed by atoms with Crippen molar-refractivity contribution in [2.24, 2.45) is 0 Å². The monoisotopic (exact) mass is 292 g/mol. The standard InChI is InChI=1S/C14H13BrO2/c1-10-8-13(6-7-14(10)16-2)17-12-5-3-4-11(15)9-12/h3-9H,1-2H3. The average Bonchev–Trinajstić information content (AvgIpc) is 2.29. The van der Waals surface area contributed by atoms with Crippen molar-refractivity contribution < 1.29 is 9.47 Å². The van der Waals surface area contributed by atoms with E-state index in [-0.39, 0.29) is 0 Å². The molecule has 2 aromatic rings. The Morgan fingerprint density at radius 3 is 2.41 bits per heavy atom. The second-order valence-electron chi connectivity index (χ2n) is 3.69. The van der Waals surface area contributed by atoms with Gasteiger partial charge in [-0.1, -0.05) is 22.0 Å². The van der Waals surface area contributed by atoms with Crippen LogP contribution in [0.1, 0.15) is 5.56 Å². The normalized spacial score (nSPS) is 10.1. The summed E-state index contributed by atoms with van der Waals surface area (Å²) in [7, 11) is 1.66. The molecule has 2 rings (SSSR count). The molecule has 2 aromatic carbocycles. The fourth-order valence-electron chi connectivity index (χ4n) is 1.58. The topological polar surface area (TPSA) is 18.5 Å². The van der Waals surface area contributed by atoms with E-state index in [9.17, 15) is 0 Å². The zero-order valence-electron chi connectivity index (χ0n) is 9.74. The lowest BCUT2D eigenvalue weighted by Crippen LogP contribution is -1.89. The highest BCUT2D eigenvalue weighted by Crippen LogP contribution is 2.28. The van der Waals surface area contributed by atoms with Crippen molar-refractivity contribution in [1.82, 2.24) is 0 Å². The van der Waals surface area contributed by atoms with Crippen molar-refractivity contribution in [1.29, 1.82) is 0 Å². The first-order chi connectivity index (χ1) is 8.19. The molecule has 0 aliphatic carbocycles. The van der Waals surface area contributed by atoms with E-state index in [0.717, 1.165) is 27.3 Å². The van der Waals surface area contributed by atoms with Crippen LogP contribution in [0.15, 0.2) is 46.9 Å². The Kier molecular flexibility index (Phi) is 3.69. The number of benzene rings is 2. The fourth-order valence-corrected chi connectivity index (χ4v) is 1.96. The van der Waals surface area contributed by atoms with Gasteiger partial charge in [-0.3, -0.25) is 0 Å². The molecule has 0 N–H and O–H groups in total. The average molecular weight is 293 g/mol. The van der Waals surface area contributed by atoms with Crippen molar-refractivity contribution in [2.45, 2.75) is 6.92 Å². The molecule has 2 nitrogen and oxygen atoms in total. The molecule has 0 amide bonds. The molecule has 17 heavy (non-hydrogen) atoms. The Bertz CT molecular complexity index is 523. The highest BCUT2D eigenvalue weighted by Gasteiger charge is 2.02. The second-order valence-corrected chi connectivity index (χ2v) is 4.61. The molecule has 0 atom stereocenters. The van der Waals surface area contributed by atoms with E-state index in [1.165, 1.54) is 0 Å². The van der Waals surface area contributed by atoms with Gasteiger partial charge in [0.1, 0.15) is 17.2 Å². The highest BCUT2D eigenvalue weighted by atomic mass is 79.9. The Labute approximate surface area is 109 Å². The zero-order chi connectivity index (χ0) is 12.3. The Morgan fingerprint density at radius 2 is 1.76 bits per heavy atom. The number of methoxy groups -OCH3 is 1.